The van der Waals surface area contributed by atoms with Crippen molar-refractivity contribution >= 4 is 60.9 Å². The van der Waals surface area contributed by atoms with Crippen molar-refractivity contribution in [3.8, 4) is 11.4 Å². The van der Waals surface area contributed by atoms with E-state index < -0.39 is 0 Å². The molecule has 0 bridgehead atoms. The molecule has 57 heavy (non-hydrogen) atoms. The lowest BCUT2D eigenvalue weighted by Gasteiger charge is -2.32. The van der Waals surface area contributed by atoms with Crippen molar-refractivity contribution in [1.82, 2.24) is 14.0 Å². The Bertz CT molecular complexity index is 3110. The number of aromatic nitrogens is 2. The standard InChI is InChI=1S/C52H39N5/c1-4-5-19-35(2)38-32-39(50-53-51(36-20-9-6-10-21-36)55(3)52(54-50)37-22-11-7-12-23-37)34-41(33-38)57-47-29-18-16-27-43(47)45-31-30-44-42-26-15-17-28-46(42)56(48(44)49(45)57)40-24-13-8-14-25-40/h4-34,51H,1-2H2,3H3/b19-5-. The molecule has 0 aliphatic carbocycles. The van der Waals surface area contributed by atoms with Crippen molar-refractivity contribution in [2.45, 2.75) is 6.17 Å². The summed E-state index contributed by atoms with van der Waals surface area (Å²) in [5, 5.41) is 4.77. The van der Waals surface area contributed by atoms with Gasteiger partial charge >= 0.3 is 0 Å². The van der Waals surface area contributed by atoms with Crippen molar-refractivity contribution in [2.24, 2.45) is 9.98 Å². The Morgan fingerprint density at radius 2 is 1.14 bits per heavy atom. The first kappa shape index (κ1) is 34.0. The van der Waals surface area contributed by atoms with Gasteiger partial charge in [-0.25, -0.2) is 9.98 Å². The minimum Gasteiger partial charge on any atom is -0.333 e. The van der Waals surface area contributed by atoms with Gasteiger partial charge in [-0.05, 0) is 59.2 Å². The van der Waals surface area contributed by atoms with Crippen LogP contribution in [0.3, 0.4) is 0 Å². The smallest absolute Gasteiger partial charge is 0.159 e. The number of hydrogen-bond acceptors (Lipinski definition) is 3. The highest BCUT2D eigenvalue weighted by Crippen LogP contribution is 2.42. The highest BCUT2D eigenvalue weighted by atomic mass is 15.3. The number of rotatable bonds is 8. The molecule has 2 aromatic heterocycles. The highest BCUT2D eigenvalue weighted by molar-refractivity contribution is 6.24. The quantitative estimate of drug-likeness (QED) is 0.143. The van der Waals surface area contributed by atoms with Crippen LogP contribution < -0.4 is 0 Å². The molecule has 9 aromatic rings. The molecule has 1 aliphatic rings. The fraction of sp³-hybridized carbons (Fsp3) is 0.0385. The molecule has 0 radical (unpaired) electrons. The third-order valence-electron chi connectivity index (χ3n) is 11.0. The molecule has 1 atom stereocenters. The molecular formula is C52H39N5. The average molecular weight is 734 g/mol. The molecule has 272 valence electrons. The van der Waals surface area contributed by atoms with E-state index in [0.717, 1.165) is 67.1 Å². The summed E-state index contributed by atoms with van der Waals surface area (Å²) < 4.78 is 4.84. The maximum absolute atomic E-state index is 5.40. The van der Waals surface area contributed by atoms with Gasteiger partial charge in [0.05, 0.1) is 22.1 Å². The minimum absolute atomic E-state index is 0.278. The van der Waals surface area contributed by atoms with Crippen molar-refractivity contribution in [1.29, 1.82) is 0 Å². The molecule has 10 rings (SSSR count). The maximum Gasteiger partial charge on any atom is 0.159 e. The summed E-state index contributed by atoms with van der Waals surface area (Å²) in [7, 11) is 2.07. The summed E-state index contributed by atoms with van der Waals surface area (Å²) in [6.45, 7) is 8.46. The highest BCUT2D eigenvalue weighted by Gasteiger charge is 2.28. The Hall–Kier alpha value is -7.50. The van der Waals surface area contributed by atoms with E-state index in [9.17, 15) is 0 Å². The topological polar surface area (TPSA) is 37.8 Å². The van der Waals surface area contributed by atoms with Crippen LogP contribution in [0.25, 0.3) is 60.6 Å². The van der Waals surface area contributed by atoms with Crippen LogP contribution in [0.4, 0.5) is 0 Å². The molecule has 3 heterocycles. The monoisotopic (exact) mass is 733 g/mol. The van der Waals surface area contributed by atoms with E-state index in [1.54, 1.807) is 6.08 Å². The predicted molar refractivity (Wildman–Crippen MR) is 240 cm³/mol. The number of hydrogen-bond donors (Lipinski definition) is 0. The van der Waals surface area contributed by atoms with Crippen molar-refractivity contribution < 1.29 is 0 Å². The SMILES string of the molecule is C=C/C=C\C(=C)c1cc(C2=NC(c3ccccc3)N(C)C(c3ccccc3)=N2)cc(-n2c3ccccc3c3ccc4c5ccccc5n(-c5ccccc5)c4c32)c1. The van der Waals surface area contributed by atoms with Gasteiger partial charge in [0, 0.05) is 51.1 Å². The van der Waals surface area contributed by atoms with E-state index in [-0.39, 0.29) is 6.17 Å². The molecule has 1 unspecified atom stereocenters. The predicted octanol–water partition coefficient (Wildman–Crippen LogP) is 12.5. The van der Waals surface area contributed by atoms with Crippen molar-refractivity contribution in [2.75, 3.05) is 7.05 Å². The summed E-state index contributed by atoms with van der Waals surface area (Å²) in [5.41, 5.74) is 11.5. The van der Waals surface area contributed by atoms with Gasteiger partial charge in [0.25, 0.3) is 0 Å². The van der Waals surface area contributed by atoms with Crippen LogP contribution in [0, 0.1) is 0 Å². The molecule has 5 nitrogen and oxygen atoms in total. The number of aliphatic imine (C=N–C) groups is 2. The number of fused-ring (bicyclic) bond motifs is 7. The van der Waals surface area contributed by atoms with Crippen LogP contribution in [0.2, 0.25) is 0 Å². The summed E-state index contributed by atoms with van der Waals surface area (Å²) in [5.74, 6) is 1.52. The van der Waals surface area contributed by atoms with E-state index in [2.05, 4.69) is 192 Å². The lowest BCUT2D eigenvalue weighted by Crippen LogP contribution is -2.35. The lowest BCUT2D eigenvalue weighted by molar-refractivity contribution is 0.383. The van der Waals surface area contributed by atoms with Gasteiger partial charge in [0.1, 0.15) is 12.0 Å². The minimum atomic E-state index is -0.278. The first-order chi connectivity index (χ1) is 28.1. The van der Waals surface area contributed by atoms with E-state index in [1.165, 1.54) is 21.5 Å². The van der Waals surface area contributed by atoms with Gasteiger partial charge in [-0.2, -0.15) is 0 Å². The molecule has 0 saturated carbocycles. The number of para-hydroxylation sites is 3. The third-order valence-corrected chi connectivity index (χ3v) is 11.0. The molecule has 0 fully saturated rings. The third kappa shape index (κ3) is 5.71. The zero-order valence-corrected chi connectivity index (χ0v) is 31.6. The van der Waals surface area contributed by atoms with Gasteiger partial charge in [0.15, 0.2) is 5.84 Å². The zero-order chi connectivity index (χ0) is 38.5. The number of nitrogens with zero attached hydrogens (tertiary/aromatic N) is 5. The fourth-order valence-corrected chi connectivity index (χ4v) is 8.39. The van der Waals surface area contributed by atoms with Gasteiger partial charge in [-0.15, -0.1) is 0 Å². The van der Waals surface area contributed by atoms with E-state index in [4.69, 9.17) is 9.98 Å². The molecule has 0 amide bonds. The zero-order valence-electron chi connectivity index (χ0n) is 31.6. The van der Waals surface area contributed by atoms with Gasteiger partial charge in [0.2, 0.25) is 0 Å². The Morgan fingerprint density at radius 3 is 1.77 bits per heavy atom. The Labute approximate surface area is 331 Å². The molecule has 0 N–H and O–H groups in total. The normalized spacial score (nSPS) is 14.5. The van der Waals surface area contributed by atoms with Gasteiger partial charge in [-0.1, -0.05) is 159 Å². The van der Waals surface area contributed by atoms with E-state index in [1.807, 2.05) is 24.3 Å². The number of amidine groups is 2. The second-order valence-corrected chi connectivity index (χ2v) is 14.4. The van der Waals surface area contributed by atoms with Crippen LogP contribution in [0.1, 0.15) is 28.4 Å². The van der Waals surface area contributed by atoms with Crippen LogP contribution in [0.15, 0.2) is 211 Å². The van der Waals surface area contributed by atoms with E-state index >= 15 is 0 Å². The van der Waals surface area contributed by atoms with Crippen LogP contribution in [0.5, 0.6) is 0 Å². The van der Waals surface area contributed by atoms with Crippen molar-refractivity contribution in [3.05, 3.63) is 223 Å². The number of benzene rings is 7. The fourth-order valence-electron chi connectivity index (χ4n) is 8.39. The van der Waals surface area contributed by atoms with E-state index in [0.29, 0.717) is 5.84 Å². The summed E-state index contributed by atoms with van der Waals surface area (Å²) >= 11 is 0. The molecule has 0 spiro atoms. The van der Waals surface area contributed by atoms with Crippen LogP contribution in [-0.2, 0) is 0 Å². The second-order valence-electron chi connectivity index (χ2n) is 14.4. The largest absolute Gasteiger partial charge is 0.333 e. The molecule has 5 heteroatoms. The maximum atomic E-state index is 5.40. The Balaban J connectivity index is 1.30. The molecular weight excluding hydrogens is 695 g/mol. The summed E-state index contributed by atoms with van der Waals surface area (Å²) in [4.78, 5) is 12.9. The second kappa shape index (κ2) is 14.0. The molecule has 0 saturated heterocycles. The summed E-state index contributed by atoms with van der Waals surface area (Å²) in [6, 6.07) is 60.1. The Kier molecular flexibility index (Phi) is 8.34. The average Bonchev–Trinajstić information content (AvgIpc) is 3.79. The first-order valence-corrected chi connectivity index (χ1v) is 19.2. The molecule has 1 aliphatic heterocycles. The van der Waals surface area contributed by atoms with Gasteiger partial charge in [-0.3, -0.25) is 0 Å². The first-order valence-electron chi connectivity index (χ1n) is 19.2. The Morgan fingerprint density at radius 1 is 0.579 bits per heavy atom. The van der Waals surface area contributed by atoms with Crippen LogP contribution in [-0.4, -0.2) is 32.8 Å². The lowest BCUT2D eigenvalue weighted by atomic mass is 10.0. The van der Waals surface area contributed by atoms with Gasteiger partial charge < -0.3 is 14.0 Å². The van der Waals surface area contributed by atoms with Crippen molar-refractivity contribution in [3.63, 3.8) is 0 Å². The molecule has 7 aromatic carbocycles. The summed E-state index contributed by atoms with van der Waals surface area (Å²) in [6.07, 6.45) is 5.44. The van der Waals surface area contributed by atoms with Crippen LogP contribution >= 0.6 is 0 Å². The number of allylic oxidation sites excluding steroid dienone is 4.